The van der Waals surface area contributed by atoms with Crippen molar-refractivity contribution >= 4 is 11.9 Å². The molecule has 0 aliphatic rings. The quantitative estimate of drug-likeness (QED) is 0.739. The van der Waals surface area contributed by atoms with Gasteiger partial charge in [-0.05, 0) is 26.3 Å². The topological polar surface area (TPSA) is 92.0 Å². The zero-order chi connectivity index (χ0) is 15.1. The number of hydrogen-bond donors (Lipinski definition) is 2. The van der Waals surface area contributed by atoms with Crippen molar-refractivity contribution in [1.29, 1.82) is 0 Å². The van der Waals surface area contributed by atoms with Gasteiger partial charge in [-0.1, -0.05) is 0 Å². The molecule has 21 heavy (non-hydrogen) atoms. The second-order valence-electron chi connectivity index (χ2n) is 4.40. The Morgan fingerprint density at radius 3 is 2.76 bits per heavy atom. The molecule has 8 heteroatoms. The summed E-state index contributed by atoms with van der Waals surface area (Å²) in [7, 11) is 0. The molecule has 2 N–H and O–H groups in total. The lowest BCUT2D eigenvalue weighted by atomic mass is 10.4. The van der Waals surface area contributed by atoms with Crippen LogP contribution >= 0.6 is 0 Å². The smallest absolute Gasteiger partial charge is 0.257 e. The summed E-state index contributed by atoms with van der Waals surface area (Å²) in [5, 5.41) is 16.3. The van der Waals surface area contributed by atoms with E-state index in [1.54, 1.807) is 17.1 Å². The zero-order valence-electron chi connectivity index (χ0n) is 12.4. The van der Waals surface area contributed by atoms with Crippen molar-refractivity contribution in [3.63, 3.8) is 0 Å². The molecule has 0 fully saturated rings. The predicted molar refractivity (Wildman–Crippen MR) is 80.7 cm³/mol. The Morgan fingerprint density at radius 2 is 2.14 bits per heavy atom. The molecule has 0 saturated carbocycles. The molecule has 0 aliphatic heterocycles. The molecule has 8 nitrogen and oxygen atoms in total. The molecule has 114 valence electrons. The molecule has 0 bridgehead atoms. The highest BCUT2D eigenvalue weighted by molar-refractivity contribution is 5.39. The minimum Gasteiger partial charge on any atom is -0.396 e. The number of aromatic nitrogens is 5. The highest BCUT2D eigenvalue weighted by atomic mass is 16.3. The molecule has 2 heterocycles. The van der Waals surface area contributed by atoms with Crippen LogP contribution in [-0.2, 0) is 0 Å². The molecule has 0 radical (unpaired) electrons. The van der Waals surface area contributed by atoms with E-state index in [4.69, 9.17) is 5.11 Å². The fourth-order valence-electron chi connectivity index (χ4n) is 1.88. The van der Waals surface area contributed by atoms with E-state index in [1.165, 1.54) is 0 Å². The van der Waals surface area contributed by atoms with Crippen LogP contribution < -0.4 is 10.2 Å². The summed E-state index contributed by atoms with van der Waals surface area (Å²) in [5.74, 6) is 1.58. The van der Waals surface area contributed by atoms with Gasteiger partial charge in [-0.25, -0.2) is 4.68 Å². The minimum atomic E-state index is 0.146. The third-order valence-electron chi connectivity index (χ3n) is 2.91. The summed E-state index contributed by atoms with van der Waals surface area (Å²) >= 11 is 0. The van der Waals surface area contributed by atoms with Crippen molar-refractivity contribution in [1.82, 2.24) is 24.7 Å². The van der Waals surface area contributed by atoms with Crippen LogP contribution in [0.4, 0.5) is 11.9 Å². The molecule has 0 aromatic carbocycles. The molecule has 2 aromatic heterocycles. The second-order valence-corrected chi connectivity index (χ2v) is 4.40. The van der Waals surface area contributed by atoms with E-state index >= 15 is 0 Å². The number of hydrogen-bond acceptors (Lipinski definition) is 7. The van der Waals surface area contributed by atoms with Gasteiger partial charge in [-0.3, -0.25) is 0 Å². The maximum Gasteiger partial charge on any atom is 0.257 e. The Balaban J connectivity index is 2.34. The van der Waals surface area contributed by atoms with E-state index in [0.29, 0.717) is 30.8 Å². The Labute approximate surface area is 123 Å². The summed E-state index contributed by atoms with van der Waals surface area (Å²) in [5.41, 5.74) is 0. The van der Waals surface area contributed by atoms with Gasteiger partial charge < -0.3 is 15.3 Å². The Bertz CT molecular complexity index is 543. The van der Waals surface area contributed by atoms with Gasteiger partial charge in [0.2, 0.25) is 11.9 Å². The van der Waals surface area contributed by atoms with Crippen LogP contribution in [0, 0.1) is 0 Å². The lowest BCUT2D eigenvalue weighted by molar-refractivity contribution is 0.289. The van der Waals surface area contributed by atoms with Gasteiger partial charge in [0.25, 0.3) is 5.95 Å². The molecule has 0 amide bonds. The van der Waals surface area contributed by atoms with E-state index in [-0.39, 0.29) is 6.61 Å². The number of nitrogens with one attached hydrogen (secondary N) is 1. The van der Waals surface area contributed by atoms with Crippen molar-refractivity contribution in [3.8, 4) is 5.95 Å². The first-order valence-corrected chi connectivity index (χ1v) is 7.14. The first-order chi connectivity index (χ1) is 10.3. The summed E-state index contributed by atoms with van der Waals surface area (Å²) in [4.78, 5) is 15.3. The molecule has 0 atom stereocenters. The summed E-state index contributed by atoms with van der Waals surface area (Å²) in [6.45, 7) is 6.34. The van der Waals surface area contributed by atoms with E-state index < -0.39 is 0 Å². The average molecular weight is 291 g/mol. The van der Waals surface area contributed by atoms with Gasteiger partial charge >= 0.3 is 0 Å². The molecule has 0 unspecified atom stereocenters. The van der Waals surface area contributed by atoms with Crippen molar-refractivity contribution < 1.29 is 5.11 Å². The summed E-state index contributed by atoms with van der Waals surface area (Å²) < 4.78 is 1.60. The fraction of sp³-hybridized carbons (Fsp3) is 0.538. The Kier molecular flexibility index (Phi) is 5.44. The fourth-order valence-corrected chi connectivity index (χ4v) is 1.88. The standard InChI is InChI=1S/C13H21N7O/c1-3-14-11-16-12(19(4-2)8-6-10-21)18-13(17-11)20-9-5-7-15-20/h5,7,9,21H,3-4,6,8,10H2,1-2H3,(H,14,16,17,18). The monoisotopic (exact) mass is 291 g/mol. The maximum absolute atomic E-state index is 8.99. The number of nitrogens with zero attached hydrogens (tertiary/aromatic N) is 6. The highest BCUT2D eigenvalue weighted by Gasteiger charge is 2.13. The highest BCUT2D eigenvalue weighted by Crippen LogP contribution is 2.13. The van der Waals surface area contributed by atoms with Crippen LogP contribution in [0.3, 0.4) is 0 Å². The van der Waals surface area contributed by atoms with Crippen molar-refractivity contribution in [2.75, 3.05) is 36.5 Å². The SMILES string of the molecule is CCNc1nc(N(CC)CCCO)nc(-n2cccn2)n1. The van der Waals surface area contributed by atoms with Crippen LogP contribution in [0.25, 0.3) is 5.95 Å². The first-order valence-electron chi connectivity index (χ1n) is 7.14. The van der Waals surface area contributed by atoms with E-state index in [1.807, 2.05) is 24.8 Å². The second kappa shape index (κ2) is 7.53. The Hall–Kier alpha value is -2.22. The van der Waals surface area contributed by atoms with Gasteiger partial charge in [0.1, 0.15) is 0 Å². The molecular weight excluding hydrogens is 270 g/mol. The van der Waals surface area contributed by atoms with Crippen LogP contribution in [0.5, 0.6) is 0 Å². The number of aliphatic hydroxyl groups is 1. The van der Waals surface area contributed by atoms with E-state index in [9.17, 15) is 0 Å². The van der Waals surface area contributed by atoms with Crippen LogP contribution in [0.2, 0.25) is 0 Å². The first kappa shape index (κ1) is 15.2. The zero-order valence-corrected chi connectivity index (χ0v) is 12.4. The van der Waals surface area contributed by atoms with Gasteiger partial charge in [-0.2, -0.15) is 20.1 Å². The van der Waals surface area contributed by atoms with E-state index in [2.05, 4.69) is 25.4 Å². The number of rotatable bonds is 8. The van der Waals surface area contributed by atoms with Crippen molar-refractivity contribution in [2.45, 2.75) is 20.3 Å². The number of anilines is 2. The lowest BCUT2D eigenvalue weighted by Gasteiger charge is -2.21. The molecule has 2 aromatic rings. The van der Waals surface area contributed by atoms with Crippen molar-refractivity contribution in [2.24, 2.45) is 0 Å². The minimum absolute atomic E-state index is 0.146. The third-order valence-corrected chi connectivity index (χ3v) is 2.91. The summed E-state index contributed by atoms with van der Waals surface area (Å²) in [6.07, 6.45) is 4.14. The summed E-state index contributed by atoms with van der Waals surface area (Å²) in [6, 6.07) is 1.82. The van der Waals surface area contributed by atoms with Crippen LogP contribution in [-0.4, -0.2) is 56.1 Å². The van der Waals surface area contributed by atoms with Gasteiger partial charge in [-0.15, -0.1) is 0 Å². The molecule has 0 spiro atoms. The molecular formula is C13H21N7O. The third kappa shape index (κ3) is 3.88. The maximum atomic E-state index is 8.99. The number of aliphatic hydroxyl groups excluding tert-OH is 1. The van der Waals surface area contributed by atoms with Crippen LogP contribution in [0.1, 0.15) is 20.3 Å². The van der Waals surface area contributed by atoms with Crippen LogP contribution in [0.15, 0.2) is 18.5 Å². The molecule has 2 rings (SSSR count). The van der Waals surface area contributed by atoms with Gasteiger partial charge in [0, 0.05) is 38.6 Å². The Morgan fingerprint density at radius 1 is 1.29 bits per heavy atom. The molecule has 0 saturated heterocycles. The van der Waals surface area contributed by atoms with Crippen molar-refractivity contribution in [3.05, 3.63) is 18.5 Å². The lowest BCUT2D eigenvalue weighted by Crippen LogP contribution is -2.28. The normalized spacial score (nSPS) is 10.6. The van der Waals surface area contributed by atoms with E-state index in [0.717, 1.165) is 13.1 Å². The van der Waals surface area contributed by atoms with Gasteiger partial charge in [0.15, 0.2) is 0 Å². The van der Waals surface area contributed by atoms with Gasteiger partial charge in [0.05, 0.1) is 0 Å². The predicted octanol–water partition coefficient (Wildman–Crippen LogP) is 0.698. The average Bonchev–Trinajstić information content (AvgIpc) is 3.02. The largest absolute Gasteiger partial charge is 0.396 e. The molecule has 0 aliphatic carbocycles.